The molecule has 2 heterocycles. The van der Waals surface area contributed by atoms with Crippen LogP contribution in [0.1, 0.15) is 16.6 Å². The van der Waals surface area contributed by atoms with Crippen molar-refractivity contribution in [2.75, 3.05) is 19.8 Å². The summed E-state index contributed by atoms with van der Waals surface area (Å²) >= 11 is 1.07. The van der Waals surface area contributed by atoms with Gasteiger partial charge in [0, 0.05) is 19.0 Å². The van der Waals surface area contributed by atoms with Crippen molar-refractivity contribution in [2.45, 2.75) is 6.92 Å². The summed E-state index contributed by atoms with van der Waals surface area (Å²) in [4.78, 5) is 24.4. The number of para-hydroxylation sites is 1. The summed E-state index contributed by atoms with van der Waals surface area (Å²) in [6.45, 7) is 2.94. The van der Waals surface area contributed by atoms with Crippen molar-refractivity contribution in [3.05, 3.63) is 39.5 Å². The average molecular weight is 347 g/mol. The highest BCUT2D eigenvalue weighted by Crippen LogP contribution is 2.39. The van der Waals surface area contributed by atoms with E-state index in [1.807, 2.05) is 31.2 Å². The number of carboxylic acid groups (broad SMARTS) is 1. The lowest BCUT2D eigenvalue weighted by Gasteiger charge is -2.08. The van der Waals surface area contributed by atoms with Crippen molar-refractivity contribution < 1.29 is 19.4 Å². The first-order chi connectivity index (χ1) is 11.6. The van der Waals surface area contributed by atoms with E-state index in [0.29, 0.717) is 23.3 Å². The molecule has 0 saturated heterocycles. The van der Waals surface area contributed by atoms with Crippen molar-refractivity contribution in [2.24, 2.45) is 7.05 Å². The van der Waals surface area contributed by atoms with Crippen LogP contribution in [-0.4, -0.2) is 35.5 Å². The molecular formula is C17H17NO5S. The third-order valence-corrected chi connectivity index (χ3v) is 4.96. The topological polar surface area (TPSA) is 77.8 Å². The molecule has 0 spiro atoms. The van der Waals surface area contributed by atoms with Crippen LogP contribution in [0.25, 0.3) is 21.0 Å². The Hall–Kier alpha value is -2.38. The SMILES string of the molecule is CCOCCOc1c(C(=O)O)sc2c1c(=O)n(C)c1ccccc21. The van der Waals surface area contributed by atoms with Crippen molar-refractivity contribution in [1.82, 2.24) is 4.57 Å². The van der Waals surface area contributed by atoms with E-state index in [1.165, 1.54) is 4.57 Å². The summed E-state index contributed by atoms with van der Waals surface area (Å²) in [5.74, 6) is -0.970. The van der Waals surface area contributed by atoms with Crippen molar-refractivity contribution >= 4 is 38.3 Å². The number of hydrogen-bond donors (Lipinski definition) is 1. The molecule has 1 aromatic carbocycles. The zero-order chi connectivity index (χ0) is 17.3. The molecule has 0 radical (unpaired) electrons. The van der Waals surface area contributed by atoms with Gasteiger partial charge in [0.05, 0.1) is 16.8 Å². The van der Waals surface area contributed by atoms with Gasteiger partial charge in [-0.25, -0.2) is 4.79 Å². The molecule has 1 N–H and O–H groups in total. The number of hydrogen-bond acceptors (Lipinski definition) is 5. The first-order valence-corrected chi connectivity index (χ1v) is 8.36. The number of fused-ring (bicyclic) bond motifs is 3. The number of carbonyl (C=O) groups is 1. The lowest BCUT2D eigenvalue weighted by atomic mass is 10.1. The molecule has 3 aromatic rings. The number of thiophene rings is 1. The van der Waals surface area contributed by atoms with Crippen LogP contribution in [0.4, 0.5) is 0 Å². The summed E-state index contributed by atoms with van der Waals surface area (Å²) in [7, 11) is 1.67. The zero-order valence-corrected chi connectivity index (χ0v) is 14.2. The van der Waals surface area contributed by atoms with Crippen LogP contribution in [0.15, 0.2) is 29.1 Å². The quantitative estimate of drug-likeness (QED) is 0.694. The number of aromatic carboxylic acids is 1. The van der Waals surface area contributed by atoms with Crippen LogP contribution >= 0.6 is 11.3 Å². The van der Waals surface area contributed by atoms with Crippen LogP contribution in [0.2, 0.25) is 0 Å². The summed E-state index contributed by atoms with van der Waals surface area (Å²) in [5.41, 5.74) is 0.493. The molecule has 2 aromatic heterocycles. The molecule has 24 heavy (non-hydrogen) atoms. The molecule has 0 fully saturated rings. The van der Waals surface area contributed by atoms with E-state index in [1.54, 1.807) is 7.05 Å². The predicted molar refractivity (Wildman–Crippen MR) is 93.5 cm³/mol. The van der Waals surface area contributed by atoms with E-state index in [4.69, 9.17) is 9.47 Å². The van der Waals surface area contributed by atoms with Crippen LogP contribution in [0.3, 0.4) is 0 Å². The monoisotopic (exact) mass is 347 g/mol. The standard InChI is InChI=1S/C17H17NO5S/c1-3-22-8-9-23-13-12-14(24-15(13)17(20)21)10-6-4-5-7-11(10)18(2)16(12)19/h4-7H,3,8-9H2,1-2H3,(H,20,21). The van der Waals surface area contributed by atoms with Gasteiger partial charge in [-0.3, -0.25) is 4.79 Å². The van der Waals surface area contributed by atoms with Gasteiger partial charge in [0.1, 0.15) is 12.0 Å². The van der Waals surface area contributed by atoms with Gasteiger partial charge in [-0.2, -0.15) is 0 Å². The number of rotatable bonds is 6. The zero-order valence-electron chi connectivity index (χ0n) is 13.4. The number of benzene rings is 1. The molecule has 0 aliphatic heterocycles. The van der Waals surface area contributed by atoms with Crippen molar-refractivity contribution in [3.8, 4) is 5.75 Å². The van der Waals surface area contributed by atoms with E-state index >= 15 is 0 Å². The van der Waals surface area contributed by atoms with Gasteiger partial charge in [0.15, 0.2) is 10.6 Å². The number of nitrogens with zero attached hydrogens (tertiary/aromatic N) is 1. The van der Waals surface area contributed by atoms with Gasteiger partial charge in [-0.1, -0.05) is 18.2 Å². The molecule has 7 heteroatoms. The first-order valence-electron chi connectivity index (χ1n) is 7.54. The largest absolute Gasteiger partial charge is 0.489 e. The van der Waals surface area contributed by atoms with Gasteiger partial charge < -0.3 is 19.1 Å². The molecule has 126 valence electrons. The van der Waals surface area contributed by atoms with E-state index in [2.05, 4.69) is 0 Å². The molecule has 0 aliphatic rings. The summed E-state index contributed by atoms with van der Waals surface area (Å²) in [6, 6.07) is 7.43. The second-order valence-electron chi connectivity index (χ2n) is 5.20. The molecule has 0 atom stereocenters. The highest BCUT2D eigenvalue weighted by atomic mass is 32.1. The fraction of sp³-hybridized carbons (Fsp3) is 0.294. The van der Waals surface area contributed by atoms with Crippen LogP contribution in [-0.2, 0) is 11.8 Å². The Labute approximate surface area is 141 Å². The van der Waals surface area contributed by atoms with Gasteiger partial charge in [-0.05, 0) is 13.0 Å². The lowest BCUT2D eigenvalue weighted by Crippen LogP contribution is -2.18. The molecule has 0 aliphatic carbocycles. The molecular weight excluding hydrogens is 330 g/mol. The number of aromatic nitrogens is 1. The Morgan fingerprint density at radius 3 is 2.75 bits per heavy atom. The highest BCUT2D eigenvalue weighted by Gasteiger charge is 2.24. The van der Waals surface area contributed by atoms with Gasteiger partial charge >= 0.3 is 5.97 Å². The van der Waals surface area contributed by atoms with E-state index in [-0.39, 0.29) is 22.8 Å². The normalized spacial score (nSPS) is 11.2. The maximum Gasteiger partial charge on any atom is 0.349 e. The van der Waals surface area contributed by atoms with Gasteiger partial charge in [-0.15, -0.1) is 11.3 Å². The third-order valence-electron chi connectivity index (χ3n) is 3.77. The van der Waals surface area contributed by atoms with Crippen LogP contribution in [0.5, 0.6) is 5.75 Å². The third kappa shape index (κ3) is 2.65. The Kier molecular flexibility index (Phi) is 4.55. The van der Waals surface area contributed by atoms with E-state index in [0.717, 1.165) is 22.2 Å². The van der Waals surface area contributed by atoms with E-state index in [9.17, 15) is 14.7 Å². The molecule has 0 amide bonds. The number of pyridine rings is 1. The minimum absolute atomic E-state index is 0.0370. The predicted octanol–water partition coefficient (Wildman–Crippen LogP) is 2.87. The minimum atomic E-state index is -1.10. The summed E-state index contributed by atoms with van der Waals surface area (Å²) in [6.07, 6.45) is 0. The molecule has 3 rings (SSSR count). The lowest BCUT2D eigenvalue weighted by molar-refractivity contribution is 0.0693. The molecule has 0 bridgehead atoms. The Morgan fingerprint density at radius 1 is 1.29 bits per heavy atom. The Morgan fingerprint density at radius 2 is 2.04 bits per heavy atom. The molecule has 0 unspecified atom stereocenters. The summed E-state index contributed by atoms with van der Waals surface area (Å²) in [5, 5.41) is 10.6. The van der Waals surface area contributed by atoms with Crippen LogP contribution < -0.4 is 10.3 Å². The second-order valence-corrected chi connectivity index (χ2v) is 6.22. The minimum Gasteiger partial charge on any atom is -0.489 e. The van der Waals surface area contributed by atoms with Gasteiger partial charge in [0.25, 0.3) is 5.56 Å². The first kappa shape index (κ1) is 16.5. The van der Waals surface area contributed by atoms with Crippen molar-refractivity contribution in [3.63, 3.8) is 0 Å². The van der Waals surface area contributed by atoms with E-state index < -0.39 is 5.97 Å². The highest BCUT2D eigenvalue weighted by molar-refractivity contribution is 7.22. The molecule has 0 saturated carbocycles. The number of ether oxygens (including phenoxy) is 2. The number of carboxylic acids is 1. The summed E-state index contributed by atoms with van der Waals surface area (Å²) < 4.78 is 13.0. The Balaban J connectivity index is 2.27. The van der Waals surface area contributed by atoms with Crippen molar-refractivity contribution in [1.29, 1.82) is 0 Å². The number of aryl methyl sites for hydroxylation is 1. The van der Waals surface area contributed by atoms with Crippen LogP contribution in [0, 0.1) is 0 Å². The maximum atomic E-state index is 12.8. The molecule has 6 nitrogen and oxygen atoms in total. The fourth-order valence-corrected chi connectivity index (χ4v) is 3.77. The fourth-order valence-electron chi connectivity index (χ4n) is 2.66. The smallest absolute Gasteiger partial charge is 0.349 e. The Bertz CT molecular complexity index is 972. The maximum absolute atomic E-state index is 12.8. The average Bonchev–Trinajstić information content (AvgIpc) is 2.96. The second kappa shape index (κ2) is 6.62. The van der Waals surface area contributed by atoms with Gasteiger partial charge in [0.2, 0.25) is 0 Å².